The third-order valence-electron chi connectivity index (χ3n) is 2.92. The molecule has 1 aromatic carbocycles. The number of fused-ring (bicyclic) bond motifs is 1. The lowest BCUT2D eigenvalue weighted by molar-refractivity contribution is -0.133. The molecular formula is C14H17NO5S. The van der Waals surface area contributed by atoms with Crippen molar-refractivity contribution in [3.63, 3.8) is 0 Å². The topological polar surface area (TPSA) is 76.1 Å². The third kappa shape index (κ3) is 4.56. The number of rotatable bonds is 6. The van der Waals surface area contributed by atoms with Gasteiger partial charge in [0.2, 0.25) is 5.91 Å². The number of carboxylic acids is 1. The zero-order chi connectivity index (χ0) is 15.2. The quantitative estimate of drug-likeness (QED) is 0.848. The molecule has 1 N–H and O–H groups in total. The lowest BCUT2D eigenvalue weighted by Gasteiger charge is -2.29. The minimum atomic E-state index is -0.920. The molecule has 0 aromatic heterocycles. The van der Waals surface area contributed by atoms with Crippen molar-refractivity contribution < 1.29 is 24.2 Å². The van der Waals surface area contributed by atoms with Crippen molar-refractivity contribution in [3.05, 3.63) is 24.3 Å². The number of hydrogen-bond donors (Lipinski definition) is 1. The first kappa shape index (κ1) is 15.5. The van der Waals surface area contributed by atoms with E-state index < -0.39 is 5.97 Å². The molecule has 1 aliphatic rings. The fourth-order valence-corrected chi connectivity index (χ4v) is 2.57. The maximum absolute atomic E-state index is 11.9. The minimum absolute atomic E-state index is 0.0734. The number of carbonyl (C=O) groups excluding carboxylic acids is 1. The van der Waals surface area contributed by atoms with E-state index >= 15 is 0 Å². The molecule has 1 amide bonds. The summed E-state index contributed by atoms with van der Waals surface area (Å²) in [6.07, 6.45) is -0.224. The van der Waals surface area contributed by atoms with Crippen molar-refractivity contribution in [2.45, 2.75) is 6.10 Å². The van der Waals surface area contributed by atoms with Gasteiger partial charge in [-0.3, -0.25) is 9.59 Å². The molecule has 2 rings (SSSR count). The SMILES string of the molecule is CN(CC1COc2ccccc2O1)C(=O)CSCC(=O)O. The highest BCUT2D eigenvalue weighted by molar-refractivity contribution is 8.00. The highest BCUT2D eigenvalue weighted by Crippen LogP contribution is 2.30. The van der Waals surface area contributed by atoms with Crippen LogP contribution in [0.5, 0.6) is 11.5 Å². The summed E-state index contributed by atoms with van der Waals surface area (Å²) in [5.41, 5.74) is 0. The number of hydrogen-bond acceptors (Lipinski definition) is 5. The van der Waals surface area contributed by atoms with E-state index in [0.29, 0.717) is 24.7 Å². The van der Waals surface area contributed by atoms with Gasteiger partial charge in [0.05, 0.1) is 18.1 Å². The molecule has 21 heavy (non-hydrogen) atoms. The molecule has 0 saturated carbocycles. The molecule has 0 radical (unpaired) electrons. The molecule has 0 spiro atoms. The molecule has 7 heteroatoms. The minimum Gasteiger partial charge on any atom is -0.486 e. The molecule has 1 heterocycles. The van der Waals surface area contributed by atoms with Crippen LogP contribution in [0.4, 0.5) is 0 Å². The molecule has 0 bridgehead atoms. The highest BCUT2D eigenvalue weighted by Gasteiger charge is 2.23. The number of aliphatic carboxylic acids is 1. The van der Waals surface area contributed by atoms with E-state index in [2.05, 4.69) is 0 Å². The Morgan fingerprint density at radius 2 is 2.05 bits per heavy atom. The zero-order valence-electron chi connectivity index (χ0n) is 11.7. The van der Waals surface area contributed by atoms with Crippen LogP contribution < -0.4 is 9.47 Å². The van der Waals surface area contributed by atoms with Gasteiger partial charge in [-0.25, -0.2) is 0 Å². The van der Waals surface area contributed by atoms with Crippen LogP contribution >= 0.6 is 11.8 Å². The molecule has 0 fully saturated rings. The second-order valence-corrected chi connectivity index (χ2v) is 5.64. The number of carbonyl (C=O) groups is 2. The molecule has 1 unspecified atom stereocenters. The van der Waals surface area contributed by atoms with E-state index in [9.17, 15) is 9.59 Å². The number of ether oxygens (including phenoxy) is 2. The lowest BCUT2D eigenvalue weighted by Crippen LogP contribution is -2.42. The summed E-state index contributed by atoms with van der Waals surface area (Å²) in [5, 5.41) is 8.54. The average Bonchev–Trinajstić information content (AvgIpc) is 2.46. The summed E-state index contributed by atoms with van der Waals surface area (Å²) in [7, 11) is 1.67. The maximum atomic E-state index is 11.9. The Labute approximate surface area is 127 Å². The first-order valence-corrected chi connectivity index (χ1v) is 7.63. The Bertz CT molecular complexity index is 522. The predicted molar refractivity (Wildman–Crippen MR) is 79.0 cm³/mol. The van der Waals surface area contributed by atoms with Crippen LogP contribution in [0.2, 0.25) is 0 Å². The van der Waals surface area contributed by atoms with Gasteiger partial charge >= 0.3 is 5.97 Å². The largest absolute Gasteiger partial charge is 0.486 e. The Hall–Kier alpha value is -1.89. The molecule has 0 saturated heterocycles. The number of amides is 1. The summed E-state index contributed by atoms with van der Waals surface area (Å²) < 4.78 is 11.4. The standard InChI is InChI=1S/C14H17NO5S/c1-15(13(16)8-21-9-14(17)18)6-10-7-19-11-4-2-3-5-12(11)20-10/h2-5,10H,6-9H2,1H3,(H,17,18). The van der Waals surface area contributed by atoms with E-state index in [-0.39, 0.29) is 23.5 Å². The van der Waals surface area contributed by atoms with E-state index in [1.807, 2.05) is 24.3 Å². The van der Waals surface area contributed by atoms with Crippen LogP contribution in [0.25, 0.3) is 0 Å². The van der Waals surface area contributed by atoms with E-state index in [1.54, 1.807) is 7.05 Å². The number of para-hydroxylation sites is 2. The zero-order valence-corrected chi connectivity index (χ0v) is 12.5. The van der Waals surface area contributed by atoms with Crippen molar-refractivity contribution in [2.24, 2.45) is 0 Å². The van der Waals surface area contributed by atoms with Crippen molar-refractivity contribution >= 4 is 23.6 Å². The Balaban J connectivity index is 1.79. The van der Waals surface area contributed by atoms with Crippen molar-refractivity contribution in [1.29, 1.82) is 0 Å². The fraction of sp³-hybridized carbons (Fsp3) is 0.429. The molecular weight excluding hydrogens is 294 g/mol. The average molecular weight is 311 g/mol. The molecule has 0 aliphatic carbocycles. The van der Waals surface area contributed by atoms with Gasteiger partial charge < -0.3 is 19.5 Å². The summed E-state index contributed by atoms with van der Waals surface area (Å²) in [5.74, 6) is 0.414. The van der Waals surface area contributed by atoms with Gasteiger partial charge in [0.1, 0.15) is 6.61 Å². The van der Waals surface area contributed by atoms with Crippen molar-refractivity contribution in [1.82, 2.24) is 4.90 Å². The van der Waals surface area contributed by atoms with Crippen molar-refractivity contribution in [3.8, 4) is 11.5 Å². The van der Waals surface area contributed by atoms with E-state index in [0.717, 1.165) is 11.8 Å². The summed E-state index contributed by atoms with van der Waals surface area (Å²) in [6.45, 7) is 0.789. The van der Waals surface area contributed by atoms with Crippen LogP contribution in [-0.2, 0) is 9.59 Å². The molecule has 1 aromatic rings. The smallest absolute Gasteiger partial charge is 0.313 e. The van der Waals surface area contributed by atoms with E-state index in [1.165, 1.54) is 4.90 Å². The summed E-state index contributed by atoms with van der Waals surface area (Å²) in [6, 6.07) is 7.40. The summed E-state index contributed by atoms with van der Waals surface area (Å²) >= 11 is 1.09. The van der Waals surface area contributed by atoms with Gasteiger partial charge in [-0.1, -0.05) is 12.1 Å². The Morgan fingerprint density at radius 3 is 2.76 bits per heavy atom. The number of carboxylic acid groups (broad SMARTS) is 1. The highest BCUT2D eigenvalue weighted by atomic mass is 32.2. The predicted octanol–water partition coefficient (Wildman–Crippen LogP) is 1.10. The second kappa shape index (κ2) is 7.21. The Morgan fingerprint density at radius 1 is 1.33 bits per heavy atom. The van der Waals surface area contributed by atoms with E-state index in [4.69, 9.17) is 14.6 Å². The van der Waals surface area contributed by atoms with Gasteiger partial charge in [-0.2, -0.15) is 0 Å². The summed E-state index contributed by atoms with van der Waals surface area (Å²) in [4.78, 5) is 23.8. The number of benzene rings is 1. The lowest BCUT2D eigenvalue weighted by atomic mass is 10.2. The monoisotopic (exact) mass is 311 g/mol. The first-order valence-electron chi connectivity index (χ1n) is 6.48. The normalized spacial score (nSPS) is 16.3. The Kier molecular flexibility index (Phi) is 5.32. The van der Waals surface area contributed by atoms with Gasteiger partial charge in [0.25, 0.3) is 0 Å². The molecule has 1 atom stereocenters. The maximum Gasteiger partial charge on any atom is 0.313 e. The molecule has 114 valence electrons. The molecule has 1 aliphatic heterocycles. The fourth-order valence-electron chi connectivity index (χ4n) is 1.90. The van der Waals surface area contributed by atoms with Crippen molar-refractivity contribution in [2.75, 3.05) is 31.7 Å². The number of nitrogens with zero attached hydrogens (tertiary/aromatic N) is 1. The van der Waals surface area contributed by atoms with Gasteiger partial charge in [-0.15, -0.1) is 11.8 Å². The van der Waals surface area contributed by atoms with Gasteiger partial charge in [-0.05, 0) is 12.1 Å². The van der Waals surface area contributed by atoms with Crippen LogP contribution in [0.15, 0.2) is 24.3 Å². The third-order valence-corrected chi connectivity index (χ3v) is 3.82. The van der Waals surface area contributed by atoms with Crippen LogP contribution in [0, 0.1) is 0 Å². The number of likely N-dealkylation sites (N-methyl/N-ethyl adjacent to an activating group) is 1. The van der Waals surface area contributed by atoms with Crippen LogP contribution in [0.1, 0.15) is 0 Å². The van der Waals surface area contributed by atoms with Crippen LogP contribution in [-0.4, -0.2) is 59.7 Å². The van der Waals surface area contributed by atoms with Gasteiger partial charge in [0.15, 0.2) is 17.6 Å². The second-order valence-electron chi connectivity index (χ2n) is 4.66. The number of thioether (sulfide) groups is 1. The molecule has 6 nitrogen and oxygen atoms in total. The van der Waals surface area contributed by atoms with Gasteiger partial charge in [0, 0.05) is 7.05 Å². The first-order chi connectivity index (χ1) is 10.1. The van der Waals surface area contributed by atoms with Crippen LogP contribution in [0.3, 0.4) is 0 Å².